The second-order valence-electron chi connectivity index (χ2n) is 6.26. The fourth-order valence-corrected chi connectivity index (χ4v) is 4.98. The van der Waals surface area contributed by atoms with Crippen LogP contribution in [0.2, 0.25) is 0 Å². The van der Waals surface area contributed by atoms with Gasteiger partial charge in [-0.05, 0) is 25.2 Å². The maximum Gasteiger partial charge on any atom is 0.211 e. The molecule has 0 spiro atoms. The fraction of sp³-hybridized carbons (Fsp3) is 0.786. The van der Waals surface area contributed by atoms with E-state index < -0.39 is 10.0 Å². The quantitative estimate of drug-likeness (QED) is 0.905. The van der Waals surface area contributed by atoms with E-state index in [-0.39, 0.29) is 6.04 Å². The zero-order valence-electron chi connectivity index (χ0n) is 12.5. The highest BCUT2D eigenvalue weighted by atomic mass is 32.2. The van der Waals surface area contributed by atoms with E-state index in [1.54, 1.807) is 10.5 Å². The van der Waals surface area contributed by atoms with Crippen LogP contribution in [-0.2, 0) is 16.6 Å². The minimum Gasteiger partial charge on any atom is -0.348 e. The van der Waals surface area contributed by atoms with Crippen LogP contribution in [0.5, 0.6) is 0 Å². The predicted molar refractivity (Wildman–Crippen MR) is 81.2 cm³/mol. The van der Waals surface area contributed by atoms with Crippen molar-refractivity contribution in [3.63, 3.8) is 0 Å². The number of fused-ring (bicyclic) bond motifs is 1. The van der Waals surface area contributed by atoms with Gasteiger partial charge >= 0.3 is 0 Å². The van der Waals surface area contributed by atoms with Gasteiger partial charge in [-0.1, -0.05) is 6.42 Å². The molecule has 0 saturated carbocycles. The molecule has 2 aliphatic heterocycles. The van der Waals surface area contributed by atoms with Gasteiger partial charge in [-0.25, -0.2) is 13.4 Å². The topological polar surface area (TPSA) is 69.3 Å². The van der Waals surface area contributed by atoms with Crippen LogP contribution in [0.1, 0.15) is 31.5 Å². The molecule has 1 aromatic heterocycles. The van der Waals surface area contributed by atoms with Crippen molar-refractivity contribution in [3.05, 3.63) is 18.2 Å². The molecule has 0 radical (unpaired) electrons. The molecule has 0 unspecified atom stereocenters. The molecule has 0 aromatic carbocycles. The number of hydrogen-bond donors (Lipinski definition) is 1. The van der Waals surface area contributed by atoms with Crippen molar-refractivity contribution in [1.29, 1.82) is 0 Å². The molecule has 2 saturated heterocycles. The molecule has 1 N–H and O–H groups in total. The summed E-state index contributed by atoms with van der Waals surface area (Å²) < 4.78 is 25.8. The first-order valence-corrected chi connectivity index (χ1v) is 9.56. The van der Waals surface area contributed by atoms with Crippen molar-refractivity contribution in [2.45, 2.75) is 38.3 Å². The number of piperidine rings is 1. The Morgan fingerprint density at radius 3 is 2.90 bits per heavy atom. The Balaban J connectivity index is 1.70. The molecule has 3 heterocycles. The molecular weight excluding hydrogens is 288 g/mol. The Morgan fingerprint density at radius 2 is 2.19 bits per heavy atom. The van der Waals surface area contributed by atoms with E-state index in [2.05, 4.69) is 14.9 Å². The predicted octanol–water partition coefficient (Wildman–Crippen LogP) is 1.05. The van der Waals surface area contributed by atoms with Gasteiger partial charge in [0.2, 0.25) is 10.0 Å². The summed E-state index contributed by atoms with van der Waals surface area (Å²) in [5.41, 5.74) is 0. The Morgan fingerprint density at radius 1 is 1.33 bits per heavy atom. The molecule has 2 aliphatic rings. The van der Waals surface area contributed by atoms with Gasteiger partial charge in [0.25, 0.3) is 0 Å². The number of aromatic nitrogens is 2. The van der Waals surface area contributed by atoms with Crippen LogP contribution in [0, 0.1) is 5.92 Å². The molecule has 0 amide bonds. The van der Waals surface area contributed by atoms with Crippen LogP contribution < -0.4 is 0 Å². The zero-order chi connectivity index (χ0) is 14.9. The van der Waals surface area contributed by atoms with Crippen LogP contribution in [0.3, 0.4) is 0 Å². The van der Waals surface area contributed by atoms with Gasteiger partial charge in [-0.15, -0.1) is 0 Å². The Kier molecular flexibility index (Phi) is 4.33. The highest BCUT2D eigenvalue weighted by molar-refractivity contribution is 7.88. The normalized spacial score (nSPS) is 29.0. The minimum atomic E-state index is -3.09. The molecule has 2 atom stereocenters. The molecule has 6 nitrogen and oxygen atoms in total. The maximum absolute atomic E-state index is 12.0. The van der Waals surface area contributed by atoms with Gasteiger partial charge in [-0.3, -0.25) is 4.90 Å². The van der Waals surface area contributed by atoms with Gasteiger partial charge in [0.1, 0.15) is 5.82 Å². The number of H-pyrrole nitrogens is 1. The largest absolute Gasteiger partial charge is 0.348 e. The Bertz CT molecular complexity index is 558. The fourth-order valence-electron chi connectivity index (χ4n) is 3.75. The Hall–Kier alpha value is -0.920. The number of rotatable bonds is 3. The van der Waals surface area contributed by atoms with Crippen LogP contribution in [-0.4, -0.2) is 59.5 Å². The summed E-state index contributed by atoms with van der Waals surface area (Å²) >= 11 is 0. The van der Waals surface area contributed by atoms with Gasteiger partial charge in [0.05, 0.1) is 12.8 Å². The Labute approximate surface area is 126 Å². The summed E-state index contributed by atoms with van der Waals surface area (Å²) in [5, 5.41) is 0. The first-order valence-electron chi connectivity index (χ1n) is 7.71. The minimum absolute atomic E-state index is 0.190. The molecule has 0 bridgehead atoms. The molecule has 0 aliphatic carbocycles. The number of imidazole rings is 1. The van der Waals surface area contributed by atoms with Crippen molar-refractivity contribution in [1.82, 2.24) is 19.2 Å². The van der Waals surface area contributed by atoms with Crippen molar-refractivity contribution < 1.29 is 8.42 Å². The molecule has 3 rings (SSSR count). The summed E-state index contributed by atoms with van der Waals surface area (Å²) in [5.74, 6) is 1.44. The van der Waals surface area contributed by atoms with Crippen LogP contribution in [0.25, 0.3) is 0 Å². The van der Waals surface area contributed by atoms with E-state index in [1.807, 2.05) is 6.20 Å². The van der Waals surface area contributed by atoms with Crippen molar-refractivity contribution in [3.8, 4) is 0 Å². The van der Waals surface area contributed by atoms with Crippen molar-refractivity contribution >= 4 is 10.0 Å². The number of aromatic amines is 1. The monoisotopic (exact) mass is 312 g/mol. The zero-order valence-corrected chi connectivity index (χ0v) is 13.3. The smallest absolute Gasteiger partial charge is 0.211 e. The first kappa shape index (κ1) is 15.0. The lowest BCUT2D eigenvalue weighted by atomic mass is 9.89. The summed E-state index contributed by atoms with van der Waals surface area (Å²) in [7, 11) is -3.09. The second kappa shape index (κ2) is 6.06. The number of hydrogen-bond acceptors (Lipinski definition) is 4. The van der Waals surface area contributed by atoms with Gasteiger partial charge < -0.3 is 4.98 Å². The molecule has 118 valence electrons. The van der Waals surface area contributed by atoms with E-state index >= 15 is 0 Å². The number of likely N-dealkylation sites (tertiary alicyclic amines) is 1. The van der Waals surface area contributed by atoms with Crippen molar-refractivity contribution in [2.24, 2.45) is 5.92 Å². The third kappa shape index (κ3) is 3.46. The van der Waals surface area contributed by atoms with Gasteiger partial charge in [-0.2, -0.15) is 4.31 Å². The molecule has 21 heavy (non-hydrogen) atoms. The maximum atomic E-state index is 12.0. The van der Waals surface area contributed by atoms with E-state index in [0.717, 1.165) is 51.1 Å². The van der Waals surface area contributed by atoms with E-state index in [1.165, 1.54) is 6.26 Å². The number of nitrogens with zero attached hydrogens (tertiary/aromatic N) is 3. The molecule has 2 fully saturated rings. The summed E-state index contributed by atoms with van der Waals surface area (Å²) in [6.07, 6.45) is 9.15. The van der Waals surface area contributed by atoms with Crippen LogP contribution in [0.15, 0.2) is 12.4 Å². The van der Waals surface area contributed by atoms with E-state index in [0.29, 0.717) is 12.5 Å². The average molecular weight is 312 g/mol. The number of sulfonamides is 1. The van der Waals surface area contributed by atoms with Crippen LogP contribution >= 0.6 is 0 Å². The first-order chi connectivity index (χ1) is 10.0. The summed E-state index contributed by atoms with van der Waals surface area (Å²) in [6, 6.07) is 0.190. The lowest BCUT2D eigenvalue weighted by Gasteiger charge is -2.41. The third-order valence-electron chi connectivity index (χ3n) is 4.71. The molecular formula is C14H24N4O2S. The van der Waals surface area contributed by atoms with E-state index in [4.69, 9.17) is 0 Å². The average Bonchev–Trinajstić information content (AvgIpc) is 2.82. The molecule has 7 heteroatoms. The number of nitrogens with one attached hydrogen (secondary N) is 1. The summed E-state index contributed by atoms with van der Waals surface area (Å²) in [4.78, 5) is 9.82. The highest BCUT2D eigenvalue weighted by Crippen LogP contribution is 2.31. The third-order valence-corrected chi connectivity index (χ3v) is 6.01. The summed E-state index contributed by atoms with van der Waals surface area (Å²) in [6.45, 7) is 3.43. The van der Waals surface area contributed by atoms with Gasteiger partial charge in [0.15, 0.2) is 0 Å². The molecule has 1 aromatic rings. The lowest BCUT2D eigenvalue weighted by molar-refractivity contribution is 0.0982. The lowest BCUT2D eigenvalue weighted by Crippen LogP contribution is -2.51. The second-order valence-corrected chi connectivity index (χ2v) is 8.19. The van der Waals surface area contributed by atoms with Crippen molar-refractivity contribution in [2.75, 3.05) is 25.9 Å². The standard InChI is InChI=1S/C14H24N4O2S/c1-21(19,20)18-8-3-2-4-12-10-17(9-5-13(12)18)11-14-15-6-7-16-14/h6-7,12-13H,2-5,8-11H2,1H3,(H,15,16)/t12-,13+/m0/s1. The van der Waals surface area contributed by atoms with Gasteiger partial charge in [0, 0.05) is 38.1 Å². The van der Waals surface area contributed by atoms with Crippen LogP contribution in [0.4, 0.5) is 0 Å². The van der Waals surface area contributed by atoms with E-state index in [9.17, 15) is 8.42 Å². The SMILES string of the molecule is CS(=O)(=O)N1CCCC[C@H]2CN(Cc3ncc[nH]3)CC[C@H]21. The highest BCUT2D eigenvalue weighted by Gasteiger charge is 2.38.